The molecule has 0 saturated heterocycles. The van der Waals surface area contributed by atoms with Crippen LogP contribution in [0, 0.1) is 0 Å². The molecule has 0 spiro atoms. The molecule has 30 heavy (non-hydrogen) atoms. The maximum atomic E-state index is 4.00. The van der Waals surface area contributed by atoms with E-state index in [-0.39, 0.29) is 0 Å². The third kappa shape index (κ3) is 2.87. The van der Waals surface area contributed by atoms with E-state index in [0.717, 1.165) is 0 Å². The van der Waals surface area contributed by atoms with Gasteiger partial charge in [0.1, 0.15) is 0 Å². The van der Waals surface area contributed by atoms with Crippen molar-refractivity contribution in [2.24, 2.45) is 0 Å². The van der Waals surface area contributed by atoms with E-state index in [4.69, 9.17) is 0 Å². The predicted octanol–water partition coefficient (Wildman–Crippen LogP) is 8.35. The van der Waals surface area contributed by atoms with Crippen LogP contribution in [-0.2, 0) is 0 Å². The molecule has 0 aliphatic carbocycles. The zero-order valence-corrected chi connectivity index (χ0v) is 23.5. The zero-order valence-electron chi connectivity index (χ0n) is 18.4. The van der Waals surface area contributed by atoms with Gasteiger partial charge in [-0.2, -0.15) is 0 Å². The second kappa shape index (κ2) is 6.65. The van der Waals surface area contributed by atoms with Crippen LogP contribution in [0.3, 0.4) is 0 Å². The Hall–Kier alpha value is -1.21. The van der Waals surface area contributed by atoms with Crippen molar-refractivity contribution in [1.82, 2.24) is 0 Å². The normalized spacial score (nSPS) is 13.3. The SMILES string of the molecule is C[Si](C)(C)c1cc(Br)c2c3ccccc3c3c([Si](C)(C)C)cc(Br)c4ccc1c2c43. The van der Waals surface area contributed by atoms with Crippen LogP contribution in [0.25, 0.3) is 43.1 Å². The predicted molar refractivity (Wildman–Crippen MR) is 149 cm³/mol. The minimum absolute atomic E-state index is 1.22. The molecule has 0 N–H and O–H groups in total. The molecule has 0 aliphatic heterocycles. The molecule has 0 unspecified atom stereocenters. The lowest BCUT2D eigenvalue weighted by atomic mass is 9.89. The van der Waals surface area contributed by atoms with Gasteiger partial charge in [0, 0.05) is 14.3 Å². The van der Waals surface area contributed by atoms with Crippen LogP contribution in [0.15, 0.2) is 57.5 Å². The molecule has 0 nitrogen and oxygen atoms in total. The maximum absolute atomic E-state index is 4.00. The molecule has 0 bridgehead atoms. The molecular weight excluding hydrogens is 528 g/mol. The molecule has 152 valence electrons. The summed E-state index contributed by atoms with van der Waals surface area (Å²) in [5.74, 6) is 0. The fourth-order valence-corrected chi connectivity index (χ4v) is 9.83. The molecule has 0 atom stereocenters. The van der Waals surface area contributed by atoms with Gasteiger partial charge in [-0.15, -0.1) is 0 Å². The van der Waals surface area contributed by atoms with Crippen LogP contribution in [0.4, 0.5) is 0 Å². The van der Waals surface area contributed by atoms with Crippen molar-refractivity contribution in [3.8, 4) is 0 Å². The maximum Gasteiger partial charge on any atom is 0.0784 e. The Bertz CT molecular complexity index is 1470. The third-order valence-corrected chi connectivity index (χ3v) is 11.7. The lowest BCUT2D eigenvalue weighted by molar-refractivity contribution is 1.70. The fraction of sp³-hybridized carbons (Fsp3) is 0.231. The van der Waals surface area contributed by atoms with Gasteiger partial charge in [-0.1, -0.05) is 118 Å². The third-order valence-electron chi connectivity index (χ3n) is 6.38. The molecule has 0 aromatic heterocycles. The van der Waals surface area contributed by atoms with Gasteiger partial charge in [-0.25, -0.2) is 0 Å². The summed E-state index contributed by atoms with van der Waals surface area (Å²) >= 11 is 7.95. The lowest BCUT2D eigenvalue weighted by Gasteiger charge is -2.27. The van der Waals surface area contributed by atoms with Gasteiger partial charge in [0.15, 0.2) is 0 Å². The monoisotopic (exact) mass is 552 g/mol. The Morgan fingerprint density at radius 3 is 1.60 bits per heavy atom. The van der Waals surface area contributed by atoms with Crippen LogP contribution in [-0.4, -0.2) is 16.1 Å². The van der Waals surface area contributed by atoms with E-state index in [2.05, 4.69) is 120 Å². The standard InChI is InChI=1S/C26H26Br2Si2/c1-29(2,3)21-14-20(28)23-15-9-7-8-10-16(15)24-22(30(4,5)6)13-19(27)17-11-12-18(21)26(23)25(17)24/h7-14H,1-6H3. The Kier molecular flexibility index (Phi) is 4.58. The summed E-state index contributed by atoms with van der Waals surface area (Å²) in [6, 6.07) is 18.5. The van der Waals surface area contributed by atoms with Crippen molar-refractivity contribution in [1.29, 1.82) is 0 Å². The zero-order chi connectivity index (χ0) is 21.6. The van der Waals surface area contributed by atoms with Crippen LogP contribution in [0.1, 0.15) is 0 Å². The molecule has 0 radical (unpaired) electrons. The summed E-state index contributed by atoms with van der Waals surface area (Å²) in [6.45, 7) is 14.7. The average molecular weight is 554 g/mol. The highest BCUT2D eigenvalue weighted by atomic mass is 79.9. The first kappa shape index (κ1) is 20.7. The molecule has 5 rings (SSSR count). The number of hydrogen-bond donors (Lipinski definition) is 0. The summed E-state index contributed by atoms with van der Waals surface area (Å²) in [6.07, 6.45) is 0. The highest BCUT2D eigenvalue weighted by Crippen LogP contribution is 2.45. The summed E-state index contributed by atoms with van der Waals surface area (Å²) in [5.41, 5.74) is 0. The molecule has 5 aromatic rings. The Morgan fingerprint density at radius 1 is 0.500 bits per heavy atom. The van der Waals surface area contributed by atoms with E-state index in [1.165, 1.54) is 57.2 Å². The van der Waals surface area contributed by atoms with E-state index < -0.39 is 16.1 Å². The van der Waals surface area contributed by atoms with Crippen LogP contribution in [0.5, 0.6) is 0 Å². The van der Waals surface area contributed by atoms with Gasteiger partial charge < -0.3 is 0 Å². The van der Waals surface area contributed by atoms with Crippen LogP contribution < -0.4 is 10.4 Å². The number of halogens is 2. The molecule has 4 heteroatoms. The Balaban J connectivity index is 2.24. The van der Waals surface area contributed by atoms with E-state index in [0.29, 0.717) is 0 Å². The quantitative estimate of drug-likeness (QED) is 0.117. The smallest absolute Gasteiger partial charge is 0.0656 e. The summed E-state index contributed by atoms with van der Waals surface area (Å²) in [4.78, 5) is 0. The minimum Gasteiger partial charge on any atom is -0.0656 e. The van der Waals surface area contributed by atoms with Crippen LogP contribution >= 0.6 is 31.9 Å². The van der Waals surface area contributed by atoms with Crippen molar-refractivity contribution < 1.29 is 0 Å². The Morgan fingerprint density at radius 2 is 1.00 bits per heavy atom. The fourth-order valence-electron chi connectivity index (χ4n) is 5.03. The number of hydrogen-bond acceptors (Lipinski definition) is 0. The number of benzene rings is 5. The minimum atomic E-state index is -1.57. The van der Waals surface area contributed by atoms with Crippen LogP contribution in [0.2, 0.25) is 39.3 Å². The molecule has 0 fully saturated rings. The summed E-state index contributed by atoms with van der Waals surface area (Å²) in [7, 11) is -3.09. The first-order valence-electron chi connectivity index (χ1n) is 10.5. The highest BCUT2D eigenvalue weighted by molar-refractivity contribution is 9.11. The molecular formula is C26H26Br2Si2. The van der Waals surface area contributed by atoms with Gasteiger partial charge in [-0.3, -0.25) is 0 Å². The Labute approximate surface area is 197 Å². The lowest BCUT2D eigenvalue weighted by Crippen LogP contribution is -2.39. The second-order valence-electron chi connectivity index (χ2n) is 10.5. The summed E-state index contributed by atoms with van der Waals surface area (Å²) < 4.78 is 2.45. The molecule has 5 aromatic carbocycles. The number of fused-ring (bicyclic) bond motifs is 3. The van der Waals surface area contributed by atoms with E-state index in [1.54, 1.807) is 5.19 Å². The van der Waals surface area contributed by atoms with Crippen molar-refractivity contribution >= 4 is 101 Å². The molecule has 0 saturated carbocycles. The van der Waals surface area contributed by atoms with E-state index in [9.17, 15) is 0 Å². The first-order valence-corrected chi connectivity index (χ1v) is 19.1. The molecule has 0 amide bonds. The van der Waals surface area contributed by atoms with Gasteiger partial charge in [-0.05, 0) is 49.8 Å². The second-order valence-corrected chi connectivity index (χ2v) is 22.3. The van der Waals surface area contributed by atoms with Gasteiger partial charge in [0.2, 0.25) is 0 Å². The van der Waals surface area contributed by atoms with E-state index >= 15 is 0 Å². The van der Waals surface area contributed by atoms with Crippen molar-refractivity contribution in [2.45, 2.75) is 39.3 Å². The number of rotatable bonds is 2. The largest absolute Gasteiger partial charge is 0.0784 e. The van der Waals surface area contributed by atoms with Crippen molar-refractivity contribution in [3.63, 3.8) is 0 Å². The summed E-state index contributed by atoms with van der Waals surface area (Å²) in [5, 5.41) is 14.3. The van der Waals surface area contributed by atoms with Gasteiger partial charge in [0.05, 0.1) is 16.1 Å². The topological polar surface area (TPSA) is 0 Å². The first-order chi connectivity index (χ1) is 14.0. The van der Waals surface area contributed by atoms with Crippen molar-refractivity contribution in [2.75, 3.05) is 0 Å². The van der Waals surface area contributed by atoms with Gasteiger partial charge in [0.25, 0.3) is 0 Å². The van der Waals surface area contributed by atoms with Gasteiger partial charge >= 0.3 is 0 Å². The van der Waals surface area contributed by atoms with Crippen molar-refractivity contribution in [3.05, 3.63) is 57.5 Å². The van der Waals surface area contributed by atoms with E-state index in [1.807, 2.05) is 0 Å². The highest BCUT2D eigenvalue weighted by Gasteiger charge is 2.28. The molecule has 0 heterocycles. The average Bonchev–Trinajstić information content (AvgIpc) is 2.66. The molecule has 0 aliphatic rings.